The quantitative estimate of drug-likeness (QED) is 0.0293. The summed E-state index contributed by atoms with van der Waals surface area (Å²) in [5.74, 6) is -8.96. The number of carbonyl (C=O) groups is 6. The van der Waals surface area contributed by atoms with Gasteiger partial charge in [-0.25, -0.2) is 4.90 Å². The second-order valence-electron chi connectivity index (χ2n) is 25.0. The van der Waals surface area contributed by atoms with Crippen molar-refractivity contribution in [3.8, 4) is 34.5 Å². The number of benzene rings is 8. The van der Waals surface area contributed by atoms with Gasteiger partial charge in [0.05, 0.1) is 36.4 Å². The van der Waals surface area contributed by atoms with E-state index in [1.807, 2.05) is 58.0 Å². The number of likely N-dealkylation sites (tertiary alicyclic amines) is 1. The summed E-state index contributed by atoms with van der Waals surface area (Å²) in [6.45, 7) is 6.70. The van der Waals surface area contributed by atoms with E-state index < -0.39 is 108 Å². The van der Waals surface area contributed by atoms with Gasteiger partial charge < -0.3 is 24.3 Å². The average molecular weight is 1490 g/mol. The molecule has 103 heavy (non-hydrogen) atoms. The number of thioether (sulfide) groups is 1. The van der Waals surface area contributed by atoms with Crippen LogP contribution in [0, 0.1) is 11.8 Å². The maximum Gasteiger partial charge on any atom is 0.294 e. The number of allylic oxidation sites excluding steroid dienone is 4. The van der Waals surface area contributed by atoms with Gasteiger partial charge in [0.2, 0.25) is 5.91 Å². The normalized spacial score (nSPS) is 16.4. The van der Waals surface area contributed by atoms with Crippen molar-refractivity contribution in [2.75, 3.05) is 18.0 Å². The minimum Gasteiger partial charge on any atom is -0.457 e. The molecule has 0 radical (unpaired) electrons. The third kappa shape index (κ3) is 13.7. The molecule has 5 aliphatic rings. The fraction of sp³-hybridized carbons (Fsp3) is 0.178. The van der Waals surface area contributed by atoms with E-state index in [4.69, 9.17) is 18.9 Å². The largest absolute Gasteiger partial charge is 0.457 e. The number of anilines is 1. The molecule has 0 saturated carbocycles. The summed E-state index contributed by atoms with van der Waals surface area (Å²) in [5.41, 5.74) is 1.51. The Balaban J connectivity index is 1.10. The van der Waals surface area contributed by atoms with Gasteiger partial charge in [0.25, 0.3) is 64.1 Å². The molecular formula is C73H59N3O22S5. The Morgan fingerprint density at radius 2 is 0.883 bits per heavy atom. The lowest BCUT2D eigenvalue weighted by Gasteiger charge is -2.47. The van der Waals surface area contributed by atoms with Crippen molar-refractivity contribution in [3.05, 3.63) is 231 Å². The van der Waals surface area contributed by atoms with Gasteiger partial charge in [0.1, 0.15) is 46.0 Å². The monoisotopic (exact) mass is 1490 g/mol. The molecule has 1 fully saturated rings. The van der Waals surface area contributed by atoms with E-state index in [1.54, 1.807) is 18.2 Å². The molecular weight excluding hydrogens is 1430 g/mol. The number of para-hydroxylation sites is 1. The Hall–Kier alpha value is -10.4. The van der Waals surface area contributed by atoms with Crippen molar-refractivity contribution in [1.82, 2.24) is 10.2 Å². The SMILES string of the molecule is CC(C)c1cccc(C(C)C)c1N1C(=O)c2cc(Oc3ccc(S(=O)(=O)O)cc3)c3c4c(c(Oc5ccc(S(=O)(=O)O)cc5)cc(c24)C1=O)C1=C(Oc2ccc(S(=O)(=O)O)cc2)C=C2C(=O)N(CCNC(=O)CCC(=O)SCc4ccccc4)C(=O)C4=CC(Oc5ccc(S(=O)(=O)O)cc5)=C3C1C42. The van der Waals surface area contributed by atoms with E-state index in [1.165, 1.54) is 72.8 Å². The zero-order valence-corrected chi connectivity index (χ0v) is 58.7. The Morgan fingerprint density at radius 3 is 1.27 bits per heavy atom. The minimum atomic E-state index is -4.82. The lowest BCUT2D eigenvalue weighted by Crippen LogP contribution is -2.52. The Labute approximate surface area is 594 Å². The highest BCUT2D eigenvalue weighted by molar-refractivity contribution is 8.12. The number of amides is 5. The van der Waals surface area contributed by atoms with Crippen molar-refractivity contribution in [3.63, 3.8) is 0 Å². The molecule has 2 aliphatic heterocycles. The van der Waals surface area contributed by atoms with Crippen molar-refractivity contribution >= 4 is 114 Å². The van der Waals surface area contributed by atoms with Crippen LogP contribution in [0.15, 0.2) is 212 Å². The average Bonchev–Trinajstić information content (AvgIpc) is 0.671. The number of piperidine rings is 1. The first-order valence-corrected chi connectivity index (χ1v) is 38.4. The molecule has 8 aromatic carbocycles. The minimum absolute atomic E-state index is 0.00685. The molecule has 3 aliphatic carbocycles. The lowest BCUT2D eigenvalue weighted by molar-refractivity contribution is -0.143. The summed E-state index contributed by atoms with van der Waals surface area (Å²) in [5, 5.41) is 2.30. The number of nitrogens with zero attached hydrogens (tertiary/aromatic N) is 2. The van der Waals surface area contributed by atoms with Crippen LogP contribution in [0.5, 0.6) is 34.5 Å². The van der Waals surface area contributed by atoms with E-state index in [0.717, 1.165) is 75.7 Å². The molecule has 528 valence electrons. The summed E-state index contributed by atoms with van der Waals surface area (Å²) in [6, 6.07) is 34.9. The van der Waals surface area contributed by atoms with Crippen LogP contribution >= 0.6 is 11.8 Å². The van der Waals surface area contributed by atoms with Crippen molar-refractivity contribution < 1.29 is 99.6 Å². The van der Waals surface area contributed by atoms with E-state index in [2.05, 4.69) is 5.32 Å². The van der Waals surface area contributed by atoms with Gasteiger partial charge in [0.15, 0.2) is 5.12 Å². The third-order valence-electron chi connectivity index (χ3n) is 17.9. The summed E-state index contributed by atoms with van der Waals surface area (Å²) in [7, 11) is -19.3. The molecule has 2 heterocycles. The van der Waals surface area contributed by atoms with Crippen LogP contribution < -0.4 is 29.2 Å². The van der Waals surface area contributed by atoms with E-state index >= 15 is 19.2 Å². The highest BCUT2D eigenvalue weighted by Crippen LogP contribution is 2.64. The summed E-state index contributed by atoms with van der Waals surface area (Å²) in [4.78, 5) is 89.8. The standard InChI is InChI=1S/C73H59N3O22S5/c1-38(2)49-11-8-12-50(39(3)4)69(49)76-72(81)53-35-57(97-43-17-25-47(26-18-43)102(89,90)91)65-63-55(95-41-13-21-45(22-14-41)100(83,84)85)33-51-61-52(71(80)75(70(51)79)32-31-74-59(77)29-30-60(78)99-37-40-9-6-5-7-10-40)34-56(96-42-15-23-46(24-16-42)101(86,87)88)64(67(61)63)66-58(36-54(73(76)82)62(53)68(65)66)98-44-19-27-48(28-20-44)103(92,93)94/h5-28,33-36,38-39,61,67H,29-32,37H2,1-4H3,(H,74,77)(H,83,84,85)(H,86,87,88)(H,89,90,91)(H,92,93,94). The van der Waals surface area contributed by atoms with Gasteiger partial charge in [-0.2, -0.15) is 33.7 Å². The number of imide groups is 2. The molecule has 0 spiro atoms. The Kier molecular flexibility index (Phi) is 18.7. The molecule has 13 rings (SSSR count). The first-order valence-electron chi connectivity index (χ1n) is 31.7. The molecule has 0 aromatic heterocycles. The third-order valence-corrected chi connectivity index (χ3v) is 22.3. The molecule has 5 amide bonds. The number of rotatable bonds is 23. The summed E-state index contributed by atoms with van der Waals surface area (Å²) >= 11 is 1.03. The van der Waals surface area contributed by atoms with Crippen LogP contribution in [-0.2, 0) is 65.4 Å². The fourth-order valence-corrected chi connectivity index (χ4v) is 15.9. The van der Waals surface area contributed by atoms with Crippen LogP contribution in [0.2, 0.25) is 0 Å². The zero-order chi connectivity index (χ0) is 73.5. The predicted octanol–water partition coefficient (Wildman–Crippen LogP) is 11.9. The number of nitrogens with one attached hydrogen (secondary N) is 1. The Morgan fingerprint density at radius 1 is 0.485 bits per heavy atom. The highest BCUT2D eigenvalue weighted by Gasteiger charge is 2.56. The zero-order valence-electron chi connectivity index (χ0n) is 54.6. The first-order chi connectivity index (χ1) is 48.7. The molecule has 1 saturated heterocycles. The van der Waals surface area contributed by atoms with E-state index in [0.29, 0.717) is 16.9 Å². The van der Waals surface area contributed by atoms with Gasteiger partial charge >= 0.3 is 0 Å². The summed E-state index contributed by atoms with van der Waals surface area (Å²) in [6.07, 6.45) is 2.24. The maximum atomic E-state index is 16.2. The van der Waals surface area contributed by atoms with E-state index in [-0.39, 0.29) is 143 Å². The number of hydrogen-bond acceptors (Lipinski definition) is 19. The second kappa shape index (κ2) is 27.1. The van der Waals surface area contributed by atoms with Gasteiger partial charge in [-0.1, -0.05) is 88.0 Å². The van der Waals surface area contributed by atoms with Crippen molar-refractivity contribution in [2.24, 2.45) is 11.8 Å². The molecule has 25 nitrogen and oxygen atoms in total. The van der Waals surface area contributed by atoms with Crippen LogP contribution in [0.3, 0.4) is 0 Å². The van der Waals surface area contributed by atoms with Crippen molar-refractivity contribution in [2.45, 2.75) is 77.7 Å². The smallest absolute Gasteiger partial charge is 0.294 e. The molecule has 0 unspecified atom stereocenters. The van der Waals surface area contributed by atoms with Crippen molar-refractivity contribution in [1.29, 1.82) is 0 Å². The van der Waals surface area contributed by atoms with Crippen LogP contribution in [-0.4, -0.2) is 105 Å². The molecule has 0 bridgehead atoms. The van der Waals surface area contributed by atoms with Gasteiger partial charge in [-0.05, 0) is 150 Å². The van der Waals surface area contributed by atoms with Crippen LogP contribution in [0.25, 0.3) is 21.9 Å². The highest BCUT2D eigenvalue weighted by atomic mass is 32.2. The van der Waals surface area contributed by atoms with Gasteiger partial charge in [0, 0.05) is 87.7 Å². The summed E-state index contributed by atoms with van der Waals surface area (Å²) < 4.78 is 168. The van der Waals surface area contributed by atoms with Crippen LogP contribution in [0.4, 0.5) is 5.69 Å². The van der Waals surface area contributed by atoms with Gasteiger partial charge in [-0.3, -0.25) is 51.9 Å². The fourth-order valence-electron chi connectivity index (χ4n) is 13.2. The predicted molar refractivity (Wildman–Crippen MR) is 375 cm³/mol. The lowest BCUT2D eigenvalue weighted by atomic mass is 9.59. The van der Waals surface area contributed by atoms with E-state index in [9.17, 15) is 61.5 Å². The Bertz CT molecular complexity index is 5300. The number of fused-ring (bicyclic) bond motifs is 2. The maximum absolute atomic E-state index is 16.2. The molecule has 30 heteroatoms. The molecule has 5 N–H and O–H groups in total. The topological polar surface area (TPSA) is 375 Å². The molecule has 0 atom stereocenters. The van der Waals surface area contributed by atoms with Gasteiger partial charge in [-0.15, -0.1) is 0 Å². The number of hydrogen-bond donors (Lipinski definition) is 5. The van der Waals surface area contributed by atoms with Crippen LogP contribution in [0.1, 0.15) is 101 Å². The number of ether oxygens (including phenoxy) is 4. The number of carbonyl (C=O) groups excluding carboxylic acids is 6. The molecule has 8 aromatic rings. The first kappa shape index (κ1) is 71.0. The second-order valence-corrected chi connectivity index (χ2v) is 31.8.